The molecular formula is C16H18IN5S. The molecule has 23 heavy (non-hydrogen) atoms. The summed E-state index contributed by atoms with van der Waals surface area (Å²) in [6.45, 7) is 3.15. The lowest BCUT2D eigenvalue weighted by atomic mass is 10.2. The van der Waals surface area contributed by atoms with Crippen molar-refractivity contribution in [3.8, 4) is 10.6 Å². The number of rotatable bonds is 3. The van der Waals surface area contributed by atoms with Crippen molar-refractivity contribution in [1.29, 1.82) is 0 Å². The van der Waals surface area contributed by atoms with Crippen LogP contribution in [-0.2, 0) is 6.54 Å². The van der Waals surface area contributed by atoms with Crippen LogP contribution in [0.1, 0.15) is 31.5 Å². The summed E-state index contributed by atoms with van der Waals surface area (Å²) in [5, 5.41) is 14.4. The first-order valence-corrected chi connectivity index (χ1v) is 9.88. The number of benzene rings is 1. The number of likely N-dealkylation sites (tertiary alicyclic amines) is 1. The zero-order valence-electron chi connectivity index (χ0n) is 12.8. The van der Waals surface area contributed by atoms with Crippen molar-refractivity contribution >= 4 is 38.9 Å². The van der Waals surface area contributed by atoms with Crippen LogP contribution in [0, 0.1) is 3.57 Å². The van der Waals surface area contributed by atoms with E-state index in [4.69, 9.17) is 5.10 Å². The number of fused-ring (bicyclic) bond motifs is 1. The molecule has 0 aliphatic carbocycles. The van der Waals surface area contributed by atoms with Gasteiger partial charge in [-0.05, 0) is 60.7 Å². The molecule has 0 unspecified atom stereocenters. The molecule has 0 bridgehead atoms. The normalized spacial score (nSPS) is 16.7. The van der Waals surface area contributed by atoms with E-state index in [0.29, 0.717) is 0 Å². The van der Waals surface area contributed by atoms with E-state index in [0.717, 1.165) is 41.0 Å². The average molecular weight is 439 g/mol. The number of nitrogens with zero attached hydrogens (tertiary/aromatic N) is 5. The van der Waals surface area contributed by atoms with E-state index in [-0.39, 0.29) is 0 Å². The molecule has 3 aromatic rings. The maximum absolute atomic E-state index is 4.75. The van der Waals surface area contributed by atoms with Crippen molar-refractivity contribution in [2.75, 3.05) is 13.1 Å². The van der Waals surface area contributed by atoms with Crippen LogP contribution in [0.2, 0.25) is 0 Å². The van der Waals surface area contributed by atoms with Crippen molar-refractivity contribution in [3.05, 3.63) is 33.7 Å². The van der Waals surface area contributed by atoms with Crippen molar-refractivity contribution in [2.45, 2.75) is 32.2 Å². The van der Waals surface area contributed by atoms with Gasteiger partial charge in [-0.2, -0.15) is 9.61 Å². The van der Waals surface area contributed by atoms with E-state index >= 15 is 0 Å². The highest BCUT2D eigenvalue weighted by Crippen LogP contribution is 2.26. The van der Waals surface area contributed by atoms with Gasteiger partial charge in [0, 0.05) is 9.13 Å². The molecule has 3 heterocycles. The standard InChI is InChI=1S/C16H18IN5S/c17-13-7-5-6-12(10-13)15-20-22-14(18-19-16(22)23-15)11-21-8-3-1-2-4-9-21/h5-7,10H,1-4,8-9,11H2. The minimum Gasteiger partial charge on any atom is -0.296 e. The van der Waals surface area contributed by atoms with Crippen LogP contribution in [0.15, 0.2) is 24.3 Å². The predicted molar refractivity (Wildman–Crippen MR) is 101 cm³/mol. The highest BCUT2D eigenvalue weighted by molar-refractivity contribution is 14.1. The van der Waals surface area contributed by atoms with Crippen molar-refractivity contribution in [3.63, 3.8) is 0 Å². The molecule has 0 saturated carbocycles. The van der Waals surface area contributed by atoms with Gasteiger partial charge in [-0.25, -0.2) is 0 Å². The van der Waals surface area contributed by atoms with Crippen LogP contribution >= 0.6 is 33.9 Å². The van der Waals surface area contributed by atoms with Gasteiger partial charge in [0.1, 0.15) is 5.01 Å². The van der Waals surface area contributed by atoms with Crippen LogP contribution in [-0.4, -0.2) is 37.8 Å². The van der Waals surface area contributed by atoms with Crippen molar-refractivity contribution in [1.82, 2.24) is 24.7 Å². The van der Waals surface area contributed by atoms with Crippen LogP contribution in [0.25, 0.3) is 15.5 Å². The van der Waals surface area contributed by atoms with E-state index in [1.807, 2.05) is 4.52 Å². The second kappa shape index (κ2) is 6.82. The number of halogens is 1. The third-order valence-electron chi connectivity index (χ3n) is 4.19. The first-order chi connectivity index (χ1) is 11.3. The molecule has 1 aliphatic heterocycles. The molecule has 120 valence electrons. The van der Waals surface area contributed by atoms with Gasteiger partial charge < -0.3 is 0 Å². The van der Waals surface area contributed by atoms with Gasteiger partial charge >= 0.3 is 0 Å². The summed E-state index contributed by atoms with van der Waals surface area (Å²) in [5.41, 5.74) is 1.15. The Hall–Kier alpha value is -1.06. The van der Waals surface area contributed by atoms with E-state index in [2.05, 4.69) is 62.0 Å². The number of aromatic nitrogens is 4. The number of hydrogen-bond acceptors (Lipinski definition) is 5. The van der Waals surface area contributed by atoms with Gasteiger partial charge in [-0.15, -0.1) is 10.2 Å². The Kier molecular flexibility index (Phi) is 4.59. The lowest BCUT2D eigenvalue weighted by Gasteiger charge is -2.17. The van der Waals surface area contributed by atoms with Crippen LogP contribution in [0.5, 0.6) is 0 Å². The Balaban J connectivity index is 1.61. The Labute approximate surface area is 152 Å². The zero-order valence-corrected chi connectivity index (χ0v) is 15.8. The molecule has 0 amide bonds. The Bertz CT molecular complexity index is 804. The maximum Gasteiger partial charge on any atom is 0.235 e. The predicted octanol–water partition coefficient (Wildman–Crippen LogP) is 3.83. The highest BCUT2D eigenvalue weighted by atomic mass is 127. The molecule has 7 heteroatoms. The molecule has 1 saturated heterocycles. The fraction of sp³-hybridized carbons (Fsp3) is 0.438. The topological polar surface area (TPSA) is 46.3 Å². The highest BCUT2D eigenvalue weighted by Gasteiger charge is 2.16. The van der Waals surface area contributed by atoms with Crippen LogP contribution < -0.4 is 0 Å². The summed E-state index contributed by atoms with van der Waals surface area (Å²) in [6.07, 6.45) is 5.26. The van der Waals surface area contributed by atoms with Crippen LogP contribution in [0.3, 0.4) is 0 Å². The first kappa shape index (κ1) is 15.5. The lowest BCUT2D eigenvalue weighted by Crippen LogP contribution is -2.25. The monoisotopic (exact) mass is 439 g/mol. The van der Waals surface area contributed by atoms with Gasteiger partial charge in [0.15, 0.2) is 5.82 Å². The molecule has 1 fully saturated rings. The second-order valence-corrected chi connectivity index (χ2v) is 8.12. The SMILES string of the molecule is Ic1cccc(-c2nn3c(CN4CCCCCC4)nnc3s2)c1. The Morgan fingerprint density at radius 1 is 1.09 bits per heavy atom. The third-order valence-corrected chi connectivity index (χ3v) is 5.81. The van der Waals surface area contributed by atoms with Crippen molar-refractivity contribution < 1.29 is 0 Å². The fourth-order valence-electron chi connectivity index (χ4n) is 2.99. The summed E-state index contributed by atoms with van der Waals surface area (Å²) >= 11 is 3.93. The minimum atomic E-state index is 0.844. The quantitative estimate of drug-likeness (QED) is 0.582. The van der Waals surface area contributed by atoms with Crippen LogP contribution in [0.4, 0.5) is 0 Å². The van der Waals surface area contributed by atoms with E-state index in [9.17, 15) is 0 Å². The summed E-state index contributed by atoms with van der Waals surface area (Å²) in [6, 6.07) is 8.41. The number of hydrogen-bond donors (Lipinski definition) is 0. The Morgan fingerprint density at radius 2 is 1.91 bits per heavy atom. The van der Waals surface area contributed by atoms with Gasteiger partial charge in [0.25, 0.3) is 0 Å². The summed E-state index contributed by atoms with van der Waals surface area (Å²) in [7, 11) is 0. The largest absolute Gasteiger partial charge is 0.296 e. The molecular weight excluding hydrogens is 421 g/mol. The smallest absolute Gasteiger partial charge is 0.235 e. The van der Waals surface area contributed by atoms with Gasteiger partial charge in [0.05, 0.1) is 6.54 Å². The first-order valence-electron chi connectivity index (χ1n) is 7.99. The lowest BCUT2D eigenvalue weighted by molar-refractivity contribution is 0.268. The van der Waals surface area contributed by atoms with Gasteiger partial charge in [-0.1, -0.05) is 36.3 Å². The maximum atomic E-state index is 4.75. The van der Waals surface area contributed by atoms with Gasteiger partial charge in [-0.3, -0.25) is 4.90 Å². The van der Waals surface area contributed by atoms with E-state index < -0.39 is 0 Å². The molecule has 0 atom stereocenters. The molecule has 4 rings (SSSR count). The average Bonchev–Trinajstić information content (AvgIpc) is 3.02. The summed E-state index contributed by atoms with van der Waals surface area (Å²) < 4.78 is 3.14. The molecule has 1 aliphatic rings. The molecule has 0 radical (unpaired) electrons. The molecule has 2 aromatic heterocycles. The second-order valence-electron chi connectivity index (χ2n) is 5.92. The van der Waals surface area contributed by atoms with Gasteiger partial charge in [0.2, 0.25) is 4.96 Å². The molecule has 0 spiro atoms. The van der Waals surface area contributed by atoms with E-state index in [1.54, 1.807) is 11.3 Å². The summed E-state index contributed by atoms with van der Waals surface area (Å²) in [4.78, 5) is 3.36. The molecule has 0 N–H and O–H groups in total. The van der Waals surface area contributed by atoms with E-state index in [1.165, 1.54) is 29.3 Å². The Morgan fingerprint density at radius 3 is 2.70 bits per heavy atom. The summed E-state index contributed by atoms with van der Waals surface area (Å²) in [5.74, 6) is 0.954. The molecule has 5 nitrogen and oxygen atoms in total. The molecule has 1 aromatic carbocycles. The third kappa shape index (κ3) is 3.41. The van der Waals surface area contributed by atoms with Crippen molar-refractivity contribution in [2.24, 2.45) is 0 Å². The minimum absolute atomic E-state index is 0.844. The fourth-order valence-corrected chi connectivity index (χ4v) is 4.39. The zero-order chi connectivity index (χ0) is 15.6.